The topological polar surface area (TPSA) is 20.3 Å². The third kappa shape index (κ3) is 2.17. The van der Waals surface area contributed by atoms with Crippen molar-refractivity contribution in [3.8, 4) is 12.3 Å². The van der Waals surface area contributed by atoms with E-state index in [0.29, 0.717) is 12.5 Å². The molecule has 82 valence electrons. The highest BCUT2D eigenvalue weighted by Gasteiger charge is 2.48. The van der Waals surface area contributed by atoms with Gasteiger partial charge in [0.15, 0.2) is 0 Å². The molecule has 2 unspecified atom stereocenters. The van der Waals surface area contributed by atoms with Gasteiger partial charge in [0.1, 0.15) is 0 Å². The zero-order chi connectivity index (χ0) is 10.8. The molecule has 2 atom stereocenters. The summed E-state index contributed by atoms with van der Waals surface area (Å²) in [5.74, 6) is 4.92. The Labute approximate surface area is 92.0 Å². The van der Waals surface area contributed by atoms with E-state index >= 15 is 0 Å². The SMILES string of the molecule is C#CCN(CCC)C(=O)C1CC2CC2C1. The molecule has 0 aromatic heterocycles. The summed E-state index contributed by atoms with van der Waals surface area (Å²) in [5, 5.41) is 0. The van der Waals surface area contributed by atoms with Gasteiger partial charge >= 0.3 is 0 Å². The number of hydrogen-bond acceptors (Lipinski definition) is 1. The first-order valence-corrected chi connectivity index (χ1v) is 5.98. The highest BCUT2D eigenvalue weighted by atomic mass is 16.2. The minimum Gasteiger partial charge on any atom is -0.331 e. The van der Waals surface area contributed by atoms with E-state index in [2.05, 4.69) is 12.8 Å². The van der Waals surface area contributed by atoms with Crippen LogP contribution in [-0.2, 0) is 4.79 Å². The monoisotopic (exact) mass is 205 g/mol. The quantitative estimate of drug-likeness (QED) is 0.642. The van der Waals surface area contributed by atoms with Gasteiger partial charge in [-0.05, 0) is 37.5 Å². The zero-order valence-electron chi connectivity index (χ0n) is 9.41. The second kappa shape index (κ2) is 4.26. The Balaban J connectivity index is 1.89. The minimum atomic E-state index is 0.286. The third-order valence-electron chi connectivity index (χ3n) is 3.68. The lowest BCUT2D eigenvalue weighted by Crippen LogP contribution is -2.36. The predicted molar refractivity (Wildman–Crippen MR) is 60.0 cm³/mol. The minimum absolute atomic E-state index is 0.286. The first kappa shape index (κ1) is 10.5. The van der Waals surface area contributed by atoms with Crippen molar-refractivity contribution < 1.29 is 4.79 Å². The first-order valence-electron chi connectivity index (χ1n) is 5.98. The molecular formula is C13H19NO. The van der Waals surface area contributed by atoms with Gasteiger partial charge in [-0.25, -0.2) is 0 Å². The van der Waals surface area contributed by atoms with Gasteiger partial charge in [0.25, 0.3) is 0 Å². The summed E-state index contributed by atoms with van der Waals surface area (Å²) in [6, 6.07) is 0. The van der Waals surface area contributed by atoms with Crippen LogP contribution in [0.3, 0.4) is 0 Å². The molecule has 0 saturated heterocycles. The Kier molecular flexibility index (Phi) is 3.00. The number of terminal acetylenes is 1. The van der Waals surface area contributed by atoms with Gasteiger partial charge in [0.05, 0.1) is 6.54 Å². The summed E-state index contributed by atoms with van der Waals surface area (Å²) in [5.41, 5.74) is 0. The van der Waals surface area contributed by atoms with Gasteiger partial charge < -0.3 is 4.90 Å². The van der Waals surface area contributed by atoms with Crippen LogP contribution < -0.4 is 0 Å². The molecule has 0 spiro atoms. The van der Waals surface area contributed by atoms with E-state index in [0.717, 1.165) is 37.6 Å². The summed E-state index contributed by atoms with van der Waals surface area (Å²) in [4.78, 5) is 14.0. The smallest absolute Gasteiger partial charge is 0.226 e. The Morgan fingerprint density at radius 3 is 2.60 bits per heavy atom. The van der Waals surface area contributed by atoms with Crippen LogP contribution in [0.25, 0.3) is 0 Å². The van der Waals surface area contributed by atoms with Crippen LogP contribution in [0.5, 0.6) is 0 Å². The van der Waals surface area contributed by atoms with Crippen molar-refractivity contribution in [1.82, 2.24) is 4.90 Å². The summed E-state index contributed by atoms with van der Waals surface area (Å²) in [6.45, 7) is 3.39. The van der Waals surface area contributed by atoms with E-state index in [1.807, 2.05) is 4.90 Å². The number of amides is 1. The molecule has 15 heavy (non-hydrogen) atoms. The van der Waals surface area contributed by atoms with Gasteiger partial charge in [-0.15, -0.1) is 6.42 Å². The van der Waals surface area contributed by atoms with Crippen LogP contribution in [0.4, 0.5) is 0 Å². The van der Waals surface area contributed by atoms with Gasteiger partial charge in [-0.2, -0.15) is 0 Å². The molecule has 0 radical (unpaired) electrons. The Hall–Kier alpha value is -0.970. The van der Waals surface area contributed by atoms with Crippen LogP contribution in [0.15, 0.2) is 0 Å². The normalized spacial score (nSPS) is 31.9. The molecule has 2 saturated carbocycles. The maximum absolute atomic E-state index is 12.1. The Morgan fingerprint density at radius 2 is 2.07 bits per heavy atom. The van der Waals surface area contributed by atoms with Crippen molar-refractivity contribution in [3.05, 3.63) is 0 Å². The number of hydrogen-bond donors (Lipinski definition) is 0. The summed E-state index contributed by atoms with van der Waals surface area (Å²) in [7, 11) is 0. The van der Waals surface area contributed by atoms with Crippen molar-refractivity contribution in [2.45, 2.75) is 32.6 Å². The molecule has 2 nitrogen and oxygen atoms in total. The lowest BCUT2D eigenvalue weighted by molar-refractivity contribution is -0.135. The lowest BCUT2D eigenvalue weighted by atomic mass is 10.0. The number of fused-ring (bicyclic) bond motifs is 1. The largest absolute Gasteiger partial charge is 0.331 e. The number of rotatable bonds is 4. The lowest BCUT2D eigenvalue weighted by Gasteiger charge is -2.23. The second-order valence-electron chi connectivity index (χ2n) is 4.89. The molecule has 2 fully saturated rings. The summed E-state index contributed by atoms with van der Waals surface area (Å²) < 4.78 is 0. The Bertz CT molecular complexity index is 281. The molecule has 0 N–H and O–H groups in total. The van der Waals surface area contributed by atoms with E-state index in [9.17, 15) is 4.79 Å². The fourth-order valence-electron chi connectivity index (χ4n) is 2.82. The van der Waals surface area contributed by atoms with E-state index < -0.39 is 0 Å². The van der Waals surface area contributed by atoms with Crippen molar-refractivity contribution >= 4 is 5.91 Å². The molecule has 0 heterocycles. The van der Waals surface area contributed by atoms with Crippen LogP contribution in [0.1, 0.15) is 32.6 Å². The number of nitrogens with zero attached hydrogens (tertiary/aromatic N) is 1. The van der Waals surface area contributed by atoms with Crippen LogP contribution in [-0.4, -0.2) is 23.9 Å². The highest BCUT2D eigenvalue weighted by Crippen LogP contribution is 2.54. The van der Waals surface area contributed by atoms with E-state index in [1.165, 1.54) is 6.42 Å². The molecule has 2 heteroatoms. The number of carbonyl (C=O) groups excluding carboxylic acids is 1. The molecular weight excluding hydrogens is 186 g/mol. The number of carbonyl (C=O) groups is 1. The standard InChI is InChI=1S/C13H19NO/c1-3-5-14(6-4-2)13(15)12-8-10-7-11(10)9-12/h1,10-12H,4-9H2,2H3. The van der Waals surface area contributed by atoms with Gasteiger partial charge in [0, 0.05) is 12.5 Å². The van der Waals surface area contributed by atoms with Crippen molar-refractivity contribution in [2.24, 2.45) is 17.8 Å². The maximum Gasteiger partial charge on any atom is 0.226 e. The molecule has 0 aliphatic heterocycles. The molecule has 0 aromatic carbocycles. The summed E-state index contributed by atoms with van der Waals surface area (Å²) in [6.07, 6.45) is 9.89. The maximum atomic E-state index is 12.1. The van der Waals surface area contributed by atoms with Gasteiger partial charge in [-0.3, -0.25) is 4.79 Å². The predicted octanol–water partition coefficient (Wildman–Crippen LogP) is 1.90. The van der Waals surface area contributed by atoms with Gasteiger partial charge in [0.2, 0.25) is 5.91 Å². The average molecular weight is 205 g/mol. The van der Waals surface area contributed by atoms with E-state index in [4.69, 9.17) is 6.42 Å². The molecule has 1 amide bonds. The highest BCUT2D eigenvalue weighted by molar-refractivity contribution is 5.79. The van der Waals surface area contributed by atoms with E-state index in [-0.39, 0.29) is 5.92 Å². The molecule has 2 rings (SSSR count). The van der Waals surface area contributed by atoms with Crippen LogP contribution in [0.2, 0.25) is 0 Å². The van der Waals surface area contributed by atoms with Crippen molar-refractivity contribution in [3.63, 3.8) is 0 Å². The molecule has 2 aliphatic carbocycles. The van der Waals surface area contributed by atoms with Crippen molar-refractivity contribution in [2.75, 3.05) is 13.1 Å². The van der Waals surface area contributed by atoms with Gasteiger partial charge in [-0.1, -0.05) is 12.8 Å². The second-order valence-corrected chi connectivity index (χ2v) is 4.89. The Morgan fingerprint density at radius 1 is 1.40 bits per heavy atom. The zero-order valence-corrected chi connectivity index (χ0v) is 9.41. The third-order valence-corrected chi connectivity index (χ3v) is 3.68. The van der Waals surface area contributed by atoms with Crippen LogP contribution >= 0.6 is 0 Å². The molecule has 0 aromatic rings. The van der Waals surface area contributed by atoms with Crippen LogP contribution in [0, 0.1) is 30.1 Å². The molecule has 0 bridgehead atoms. The van der Waals surface area contributed by atoms with E-state index in [1.54, 1.807) is 0 Å². The van der Waals surface area contributed by atoms with Crippen molar-refractivity contribution in [1.29, 1.82) is 0 Å². The molecule has 2 aliphatic rings. The summed E-state index contributed by atoms with van der Waals surface area (Å²) >= 11 is 0. The fourth-order valence-corrected chi connectivity index (χ4v) is 2.82. The fraction of sp³-hybridized carbons (Fsp3) is 0.769. The first-order chi connectivity index (χ1) is 7.26. The average Bonchev–Trinajstić information content (AvgIpc) is 2.84.